The van der Waals surface area contributed by atoms with E-state index in [1.807, 2.05) is 0 Å². The van der Waals surface area contributed by atoms with Gasteiger partial charge in [0.05, 0.1) is 12.7 Å². The van der Waals surface area contributed by atoms with Crippen molar-refractivity contribution in [1.29, 1.82) is 0 Å². The molecule has 1 aliphatic heterocycles. The maximum atomic E-state index is 6.11. The molecule has 0 aromatic heterocycles. The van der Waals surface area contributed by atoms with Crippen molar-refractivity contribution in [2.24, 2.45) is 17.8 Å². The molecule has 3 unspecified atom stereocenters. The summed E-state index contributed by atoms with van der Waals surface area (Å²) in [5, 5.41) is 3.81. The van der Waals surface area contributed by atoms with Gasteiger partial charge in [0.15, 0.2) is 0 Å². The molecule has 2 heteroatoms. The van der Waals surface area contributed by atoms with E-state index in [1.165, 1.54) is 12.8 Å². The molecule has 1 aliphatic rings. The van der Waals surface area contributed by atoms with Crippen molar-refractivity contribution in [2.75, 3.05) is 6.61 Å². The quantitative estimate of drug-likeness (QED) is 0.796. The summed E-state index contributed by atoms with van der Waals surface area (Å²) in [5.41, 5.74) is 0. The number of ether oxygens (including phenoxy) is 1. The van der Waals surface area contributed by atoms with Gasteiger partial charge in [0.25, 0.3) is 0 Å². The molecule has 0 aliphatic carbocycles. The second-order valence-electron chi connectivity index (χ2n) is 6.76. The van der Waals surface area contributed by atoms with Crippen LogP contribution in [0.15, 0.2) is 0 Å². The van der Waals surface area contributed by atoms with Crippen molar-refractivity contribution < 1.29 is 4.74 Å². The Balaban J connectivity index is 2.54. The average Bonchev–Trinajstić information content (AvgIpc) is 2.18. The smallest absolute Gasteiger partial charge is 0.0733 e. The fourth-order valence-electron chi connectivity index (χ4n) is 2.78. The van der Waals surface area contributed by atoms with E-state index in [0.717, 1.165) is 12.5 Å². The molecule has 0 radical (unpaired) electrons. The lowest BCUT2D eigenvalue weighted by atomic mass is 9.89. The molecule has 2 nitrogen and oxygen atoms in total. The van der Waals surface area contributed by atoms with Crippen LogP contribution in [0.3, 0.4) is 0 Å². The van der Waals surface area contributed by atoms with E-state index < -0.39 is 0 Å². The summed E-state index contributed by atoms with van der Waals surface area (Å²) in [7, 11) is 0. The first-order chi connectivity index (χ1) is 7.90. The van der Waals surface area contributed by atoms with Crippen LogP contribution in [0.4, 0.5) is 0 Å². The Bertz CT molecular complexity index is 213. The fourth-order valence-corrected chi connectivity index (χ4v) is 2.78. The summed E-state index contributed by atoms with van der Waals surface area (Å²) in [5.74, 6) is 2.10. The Kier molecular flexibility index (Phi) is 5.94. The summed E-state index contributed by atoms with van der Waals surface area (Å²) in [4.78, 5) is 0. The van der Waals surface area contributed by atoms with Crippen LogP contribution in [0.1, 0.15) is 54.4 Å². The van der Waals surface area contributed by atoms with Crippen LogP contribution in [0, 0.1) is 17.8 Å². The van der Waals surface area contributed by atoms with Crippen molar-refractivity contribution in [1.82, 2.24) is 5.32 Å². The molecule has 0 amide bonds. The standard InChI is InChI=1S/C15H31NO/c1-10(2)7-13-9-17-14(8-11(3)4)15(16-13)12(5)6/h10-16H,7-9H2,1-6H3. The third-order valence-electron chi connectivity index (χ3n) is 3.52. The van der Waals surface area contributed by atoms with Crippen molar-refractivity contribution in [2.45, 2.75) is 72.6 Å². The topological polar surface area (TPSA) is 21.3 Å². The van der Waals surface area contributed by atoms with E-state index in [0.29, 0.717) is 30.0 Å². The van der Waals surface area contributed by atoms with E-state index in [2.05, 4.69) is 46.9 Å². The second-order valence-corrected chi connectivity index (χ2v) is 6.76. The lowest BCUT2D eigenvalue weighted by Crippen LogP contribution is -2.56. The molecule has 0 saturated carbocycles. The third-order valence-corrected chi connectivity index (χ3v) is 3.52. The van der Waals surface area contributed by atoms with Crippen LogP contribution in [0.2, 0.25) is 0 Å². The molecular formula is C15H31NO. The Labute approximate surface area is 108 Å². The lowest BCUT2D eigenvalue weighted by Gasteiger charge is -2.41. The van der Waals surface area contributed by atoms with Gasteiger partial charge in [0.2, 0.25) is 0 Å². The van der Waals surface area contributed by atoms with Gasteiger partial charge in [-0.25, -0.2) is 0 Å². The zero-order valence-electron chi connectivity index (χ0n) is 12.5. The molecule has 17 heavy (non-hydrogen) atoms. The molecule has 1 N–H and O–H groups in total. The highest BCUT2D eigenvalue weighted by Crippen LogP contribution is 2.23. The molecule has 1 saturated heterocycles. The van der Waals surface area contributed by atoms with Crippen LogP contribution in [0.5, 0.6) is 0 Å². The van der Waals surface area contributed by atoms with Gasteiger partial charge in [-0.1, -0.05) is 41.5 Å². The van der Waals surface area contributed by atoms with E-state index in [-0.39, 0.29) is 0 Å². The molecule has 0 aromatic carbocycles. The summed E-state index contributed by atoms with van der Waals surface area (Å²) < 4.78 is 6.11. The van der Waals surface area contributed by atoms with Crippen LogP contribution in [-0.2, 0) is 4.74 Å². The monoisotopic (exact) mass is 241 g/mol. The van der Waals surface area contributed by atoms with Gasteiger partial charge < -0.3 is 10.1 Å². The minimum absolute atomic E-state index is 0.401. The van der Waals surface area contributed by atoms with Crippen LogP contribution >= 0.6 is 0 Å². The minimum atomic E-state index is 0.401. The van der Waals surface area contributed by atoms with Crippen LogP contribution < -0.4 is 5.32 Å². The van der Waals surface area contributed by atoms with Gasteiger partial charge in [0, 0.05) is 12.1 Å². The molecular weight excluding hydrogens is 210 g/mol. The van der Waals surface area contributed by atoms with Crippen LogP contribution in [-0.4, -0.2) is 24.8 Å². The van der Waals surface area contributed by atoms with E-state index in [4.69, 9.17) is 4.74 Å². The fraction of sp³-hybridized carbons (Fsp3) is 1.00. The normalized spacial score (nSPS) is 30.5. The highest BCUT2D eigenvalue weighted by molar-refractivity contribution is 4.88. The molecule has 0 spiro atoms. The van der Waals surface area contributed by atoms with Crippen molar-refractivity contribution in [3.63, 3.8) is 0 Å². The molecule has 1 fully saturated rings. The zero-order valence-corrected chi connectivity index (χ0v) is 12.5. The summed E-state index contributed by atoms with van der Waals surface area (Å²) in [6, 6.07) is 1.07. The summed E-state index contributed by atoms with van der Waals surface area (Å²) >= 11 is 0. The first kappa shape index (κ1) is 15.0. The van der Waals surface area contributed by atoms with Gasteiger partial charge >= 0.3 is 0 Å². The molecule has 102 valence electrons. The summed E-state index contributed by atoms with van der Waals surface area (Å²) in [6.07, 6.45) is 2.79. The molecule has 1 heterocycles. The number of morpholine rings is 1. The third kappa shape index (κ3) is 4.97. The maximum absolute atomic E-state index is 6.11. The van der Waals surface area contributed by atoms with Gasteiger partial charge in [-0.2, -0.15) is 0 Å². The number of nitrogens with one attached hydrogen (secondary N) is 1. The Morgan fingerprint density at radius 3 is 2.06 bits per heavy atom. The molecule has 0 bridgehead atoms. The summed E-state index contributed by atoms with van der Waals surface area (Å²) in [6.45, 7) is 14.6. The van der Waals surface area contributed by atoms with Gasteiger partial charge in [-0.3, -0.25) is 0 Å². The largest absolute Gasteiger partial charge is 0.375 e. The molecule has 3 atom stereocenters. The Morgan fingerprint density at radius 2 is 1.59 bits per heavy atom. The SMILES string of the molecule is CC(C)CC1COC(CC(C)C)C(C(C)C)N1. The van der Waals surface area contributed by atoms with E-state index in [1.54, 1.807) is 0 Å². The van der Waals surface area contributed by atoms with E-state index in [9.17, 15) is 0 Å². The second kappa shape index (κ2) is 6.75. The maximum Gasteiger partial charge on any atom is 0.0733 e. The number of hydrogen-bond acceptors (Lipinski definition) is 2. The number of rotatable bonds is 5. The predicted octanol–water partition coefficient (Wildman–Crippen LogP) is 3.46. The molecule has 1 rings (SSSR count). The first-order valence-corrected chi connectivity index (χ1v) is 7.27. The Morgan fingerprint density at radius 1 is 1.00 bits per heavy atom. The van der Waals surface area contributed by atoms with Crippen LogP contribution in [0.25, 0.3) is 0 Å². The minimum Gasteiger partial charge on any atom is -0.375 e. The highest BCUT2D eigenvalue weighted by Gasteiger charge is 2.32. The van der Waals surface area contributed by atoms with Crippen molar-refractivity contribution in [3.05, 3.63) is 0 Å². The van der Waals surface area contributed by atoms with Gasteiger partial charge in [0.1, 0.15) is 0 Å². The number of hydrogen-bond donors (Lipinski definition) is 1. The molecule has 0 aromatic rings. The van der Waals surface area contributed by atoms with E-state index >= 15 is 0 Å². The first-order valence-electron chi connectivity index (χ1n) is 7.27. The lowest BCUT2D eigenvalue weighted by molar-refractivity contribution is -0.0522. The van der Waals surface area contributed by atoms with Crippen molar-refractivity contribution in [3.8, 4) is 0 Å². The van der Waals surface area contributed by atoms with Gasteiger partial charge in [-0.15, -0.1) is 0 Å². The van der Waals surface area contributed by atoms with Crippen molar-refractivity contribution >= 4 is 0 Å². The zero-order chi connectivity index (χ0) is 13.0. The highest BCUT2D eigenvalue weighted by atomic mass is 16.5. The Hall–Kier alpha value is -0.0800. The van der Waals surface area contributed by atoms with Gasteiger partial charge in [-0.05, 0) is 30.6 Å². The predicted molar refractivity (Wildman–Crippen MR) is 74.2 cm³/mol. The average molecular weight is 241 g/mol.